The molecule has 1 aliphatic heterocycles. The van der Waals surface area contributed by atoms with Gasteiger partial charge in [-0.05, 0) is 36.4 Å². The molecule has 1 aliphatic rings. The molecular weight excluding hydrogens is 482 g/mol. The van der Waals surface area contributed by atoms with Gasteiger partial charge in [0.1, 0.15) is 23.5 Å². The molecule has 184 valence electrons. The van der Waals surface area contributed by atoms with E-state index in [1.165, 1.54) is 29.1 Å². The second-order valence-electron chi connectivity index (χ2n) is 8.16. The van der Waals surface area contributed by atoms with Crippen molar-refractivity contribution in [2.45, 2.75) is 4.90 Å². The van der Waals surface area contributed by atoms with Crippen molar-refractivity contribution in [1.82, 2.24) is 9.29 Å². The molecule has 1 saturated heterocycles. The average Bonchev–Trinajstić information content (AvgIpc) is 3.44. The summed E-state index contributed by atoms with van der Waals surface area (Å²) in [5.41, 5.74) is 2.11. The molecule has 0 atom stereocenters. The molecule has 36 heavy (non-hydrogen) atoms. The number of benzene rings is 3. The number of hydrogen-bond acceptors (Lipinski definition) is 7. The number of aromatic nitrogens is 1. The number of hydrogen-bond donors (Lipinski definition) is 1. The minimum absolute atomic E-state index is 0.123. The topological polar surface area (TPSA) is 113 Å². The Hall–Kier alpha value is -4.15. The largest absolute Gasteiger partial charge is 0.478 e. The average molecular weight is 506 g/mol. The van der Waals surface area contributed by atoms with Gasteiger partial charge in [0.05, 0.1) is 16.1 Å². The maximum absolute atomic E-state index is 13.4. The number of anilines is 1. The third-order valence-electron chi connectivity index (χ3n) is 5.98. The van der Waals surface area contributed by atoms with Crippen LogP contribution in [0.1, 0.15) is 10.4 Å². The van der Waals surface area contributed by atoms with Crippen LogP contribution in [0.3, 0.4) is 0 Å². The first-order valence-electron chi connectivity index (χ1n) is 11.3. The molecule has 4 aromatic rings. The number of oxazole rings is 1. The summed E-state index contributed by atoms with van der Waals surface area (Å²) in [6.07, 6.45) is 2.84. The SMILES string of the molecule is O=C(O)c1ccccc1N1CCN(S(=O)(=O)c2cccc(Oc3ccccc3-c3cocn3)c2)CC1. The summed E-state index contributed by atoms with van der Waals surface area (Å²) >= 11 is 0. The molecule has 9 nitrogen and oxygen atoms in total. The molecule has 0 amide bonds. The van der Waals surface area contributed by atoms with Crippen molar-refractivity contribution in [2.75, 3.05) is 31.1 Å². The Morgan fingerprint density at radius 1 is 0.944 bits per heavy atom. The quantitative estimate of drug-likeness (QED) is 0.395. The molecule has 5 rings (SSSR count). The number of aromatic carboxylic acids is 1. The van der Waals surface area contributed by atoms with Gasteiger partial charge in [0.2, 0.25) is 10.0 Å². The van der Waals surface area contributed by atoms with Gasteiger partial charge in [0.25, 0.3) is 0 Å². The van der Waals surface area contributed by atoms with E-state index in [0.29, 0.717) is 36.0 Å². The van der Waals surface area contributed by atoms with Gasteiger partial charge >= 0.3 is 5.97 Å². The molecule has 0 saturated carbocycles. The molecule has 1 fully saturated rings. The van der Waals surface area contributed by atoms with E-state index < -0.39 is 16.0 Å². The van der Waals surface area contributed by atoms with E-state index in [0.717, 1.165) is 5.56 Å². The van der Waals surface area contributed by atoms with Crippen LogP contribution in [0.15, 0.2) is 94.8 Å². The van der Waals surface area contributed by atoms with Crippen molar-refractivity contribution >= 4 is 21.7 Å². The van der Waals surface area contributed by atoms with E-state index in [4.69, 9.17) is 9.15 Å². The molecule has 2 heterocycles. The Morgan fingerprint density at radius 2 is 1.69 bits per heavy atom. The summed E-state index contributed by atoms with van der Waals surface area (Å²) in [5.74, 6) is -0.115. The van der Waals surface area contributed by atoms with Crippen LogP contribution in [-0.2, 0) is 10.0 Å². The number of para-hydroxylation sites is 2. The standard InChI is InChI=1S/C26H23N3O6S/c30-26(31)22-9-1-3-10-24(22)28-12-14-29(15-13-28)36(32,33)20-7-5-6-19(16-20)35-25-11-4-2-8-21(25)23-17-34-18-27-23/h1-11,16-18H,12-15H2,(H,30,31). The van der Waals surface area contributed by atoms with Crippen LogP contribution >= 0.6 is 0 Å². The van der Waals surface area contributed by atoms with Crippen molar-refractivity contribution in [3.05, 3.63) is 91.0 Å². The van der Waals surface area contributed by atoms with Crippen LogP contribution in [-0.4, -0.2) is 55.0 Å². The van der Waals surface area contributed by atoms with Crippen molar-refractivity contribution in [3.8, 4) is 22.8 Å². The van der Waals surface area contributed by atoms with Gasteiger partial charge in [-0.3, -0.25) is 0 Å². The van der Waals surface area contributed by atoms with Gasteiger partial charge in [-0.25, -0.2) is 18.2 Å². The van der Waals surface area contributed by atoms with Crippen molar-refractivity contribution in [3.63, 3.8) is 0 Å². The smallest absolute Gasteiger partial charge is 0.337 e. The maximum Gasteiger partial charge on any atom is 0.337 e. The van der Waals surface area contributed by atoms with Crippen molar-refractivity contribution in [2.24, 2.45) is 0 Å². The molecule has 0 radical (unpaired) electrons. The highest BCUT2D eigenvalue weighted by atomic mass is 32.2. The van der Waals surface area contributed by atoms with E-state index in [2.05, 4.69) is 4.98 Å². The lowest BCUT2D eigenvalue weighted by molar-refractivity contribution is 0.0697. The lowest BCUT2D eigenvalue weighted by Crippen LogP contribution is -2.49. The second kappa shape index (κ2) is 9.84. The van der Waals surface area contributed by atoms with Crippen LogP contribution < -0.4 is 9.64 Å². The van der Waals surface area contributed by atoms with Crippen LogP contribution in [0.5, 0.6) is 11.5 Å². The predicted molar refractivity (Wildman–Crippen MR) is 133 cm³/mol. The zero-order chi connectivity index (χ0) is 25.1. The number of sulfonamides is 1. The molecule has 0 unspecified atom stereocenters. The highest BCUT2D eigenvalue weighted by Crippen LogP contribution is 2.33. The number of carboxylic acids is 1. The molecule has 1 aromatic heterocycles. The number of carbonyl (C=O) groups is 1. The van der Waals surface area contributed by atoms with Crippen LogP contribution in [0.25, 0.3) is 11.3 Å². The van der Waals surface area contributed by atoms with E-state index in [9.17, 15) is 18.3 Å². The van der Waals surface area contributed by atoms with E-state index in [1.807, 2.05) is 23.1 Å². The minimum Gasteiger partial charge on any atom is -0.478 e. The summed E-state index contributed by atoms with van der Waals surface area (Å²) < 4.78 is 39.3. The third kappa shape index (κ3) is 4.68. The Labute approximate surface area is 208 Å². The lowest BCUT2D eigenvalue weighted by atomic mass is 10.1. The van der Waals surface area contributed by atoms with Gasteiger partial charge < -0.3 is 19.2 Å². The Morgan fingerprint density at radius 3 is 2.44 bits per heavy atom. The summed E-state index contributed by atoms with van der Waals surface area (Å²) in [7, 11) is -3.78. The van der Waals surface area contributed by atoms with Gasteiger partial charge in [-0.2, -0.15) is 4.31 Å². The zero-order valence-corrected chi connectivity index (χ0v) is 20.0. The monoisotopic (exact) mass is 505 g/mol. The first-order valence-corrected chi connectivity index (χ1v) is 12.7. The highest BCUT2D eigenvalue weighted by Gasteiger charge is 2.30. The molecule has 10 heteroatoms. The first-order chi connectivity index (χ1) is 17.4. The summed E-state index contributed by atoms with van der Waals surface area (Å²) in [6.45, 7) is 1.22. The molecule has 0 bridgehead atoms. The molecular formula is C26H23N3O6S. The molecule has 0 spiro atoms. The van der Waals surface area contributed by atoms with Gasteiger partial charge in [-0.1, -0.05) is 30.3 Å². The molecule has 0 aliphatic carbocycles. The fourth-order valence-corrected chi connectivity index (χ4v) is 5.64. The summed E-state index contributed by atoms with van der Waals surface area (Å²) in [4.78, 5) is 17.8. The highest BCUT2D eigenvalue weighted by molar-refractivity contribution is 7.89. The van der Waals surface area contributed by atoms with Crippen LogP contribution in [0, 0.1) is 0 Å². The van der Waals surface area contributed by atoms with Gasteiger partial charge in [0.15, 0.2) is 6.39 Å². The van der Waals surface area contributed by atoms with Crippen LogP contribution in [0.4, 0.5) is 5.69 Å². The van der Waals surface area contributed by atoms with Crippen molar-refractivity contribution < 1.29 is 27.5 Å². The fourth-order valence-electron chi connectivity index (χ4n) is 4.19. The Balaban J connectivity index is 1.33. The van der Waals surface area contributed by atoms with E-state index >= 15 is 0 Å². The number of nitrogens with zero attached hydrogens (tertiary/aromatic N) is 3. The van der Waals surface area contributed by atoms with Crippen molar-refractivity contribution in [1.29, 1.82) is 0 Å². The minimum atomic E-state index is -3.78. The molecule has 1 N–H and O–H groups in total. The number of ether oxygens (including phenoxy) is 1. The van der Waals surface area contributed by atoms with Crippen LogP contribution in [0.2, 0.25) is 0 Å². The molecule has 3 aromatic carbocycles. The van der Waals surface area contributed by atoms with Gasteiger partial charge in [-0.15, -0.1) is 0 Å². The van der Waals surface area contributed by atoms with E-state index in [1.54, 1.807) is 42.5 Å². The van der Waals surface area contributed by atoms with Gasteiger partial charge in [0, 0.05) is 37.8 Å². The zero-order valence-electron chi connectivity index (χ0n) is 19.1. The Bertz CT molecular complexity index is 1480. The number of carboxylic acid groups (broad SMARTS) is 1. The first kappa shape index (κ1) is 23.6. The third-order valence-corrected chi connectivity index (χ3v) is 7.87. The Kier molecular flexibility index (Phi) is 6.45. The number of rotatable bonds is 7. The fraction of sp³-hybridized carbons (Fsp3) is 0.154. The second-order valence-corrected chi connectivity index (χ2v) is 10.1. The lowest BCUT2D eigenvalue weighted by Gasteiger charge is -2.36. The number of piperazine rings is 1. The predicted octanol–water partition coefficient (Wildman–Crippen LogP) is 4.34. The summed E-state index contributed by atoms with van der Waals surface area (Å²) in [5, 5.41) is 9.48. The van der Waals surface area contributed by atoms with E-state index in [-0.39, 0.29) is 23.5 Å². The maximum atomic E-state index is 13.4. The summed E-state index contributed by atoms with van der Waals surface area (Å²) in [6, 6.07) is 20.4. The normalized spacial score (nSPS) is 14.5.